The zero-order valence-corrected chi connectivity index (χ0v) is 12.8. The molecule has 0 aromatic heterocycles. The molecule has 3 aliphatic rings. The van der Waals surface area contributed by atoms with E-state index in [1.54, 1.807) is 23.9 Å². The standard InChI is InChI=1S/C13H18N6O4/c1-18(2)5-15-13-16-11-10(12(22)17-13)14-6-19(11)9-3-7(21)8(4-20)23-9/h5-10,20-21H,3-4H2,1-2H3. The molecule has 3 aliphatic heterocycles. The van der Waals surface area contributed by atoms with Crippen LogP contribution in [0.3, 0.4) is 0 Å². The highest BCUT2D eigenvalue weighted by Gasteiger charge is 2.44. The van der Waals surface area contributed by atoms with Crippen molar-refractivity contribution in [1.82, 2.24) is 9.80 Å². The Labute approximate surface area is 132 Å². The molecule has 124 valence electrons. The number of aliphatic imine (C=N–C) groups is 4. The van der Waals surface area contributed by atoms with E-state index < -0.39 is 30.4 Å². The van der Waals surface area contributed by atoms with Gasteiger partial charge in [0.1, 0.15) is 12.3 Å². The van der Waals surface area contributed by atoms with Crippen LogP contribution in [0.25, 0.3) is 0 Å². The van der Waals surface area contributed by atoms with Crippen molar-refractivity contribution in [3.8, 4) is 0 Å². The quantitative estimate of drug-likeness (QED) is 0.460. The van der Waals surface area contributed by atoms with Gasteiger partial charge >= 0.3 is 0 Å². The Kier molecular flexibility index (Phi) is 4.20. The zero-order chi connectivity index (χ0) is 16.6. The summed E-state index contributed by atoms with van der Waals surface area (Å²) in [4.78, 5) is 31.5. The SMILES string of the molecule is CN(C)C=NC1=NC(=O)C2N=CN(C3CC(O)C(CO)O3)C2=N1. The Morgan fingerprint density at radius 3 is 2.96 bits per heavy atom. The third-order valence-corrected chi connectivity index (χ3v) is 3.61. The minimum absolute atomic E-state index is 0.0442. The molecule has 3 heterocycles. The van der Waals surface area contributed by atoms with E-state index >= 15 is 0 Å². The molecule has 1 amide bonds. The molecule has 0 spiro atoms. The Morgan fingerprint density at radius 1 is 1.52 bits per heavy atom. The number of amidine groups is 1. The number of aliphatic hydroxyl groups is 2. The van der Waals surface area contributed by atoms with E-state index in [2.05, 4.69) is 20.0 Å². The molecule has 1 fully saturated rings. The van der Waals surface area contributed by atoms with E-state index in [0.717, 1.165) is 0 Å². The molecule has 10 nitrogen and oxygen atoms in total. The molecule has 2 N–H and O–H groups in total. The van der Waals surface area contributed by atoms with Gasteiger partial charge in [-0.1, -0.05) is 0 Å². The van der Waals surface area contributed by atoms with Crippen molar-refractivity contribution in [1.29, 1.82) is 0 Å². The predicted octanol–water partition coefficient (Wildman–Crippen LogP) is -1.95. The monoisotopic (exact) mass is 322 g/mol. The van der Waals surface area contributed by atoms with Gasteiger partial charge in [-0.05, 0) is 0 Å². The number of carbonyl (C=O) groups excluding carboxylic acids is 1. The van der Waals surface area contributed by atoms with Crippen LogP contribution in [0.2, 0.25) is 0 Å². The smallest absolute Gasteiger partial charge is 0.281 e. The summed E-state index contributed by atoms with van der Waals surface area (Å²) in [7, 11) is 3.58. The number of amides is 1. The van der Waals surface area contributed by atoms with Crippen molar-refractivity contribution in [3.05, 3.63) is 0 Å². The van der Waals surface area contributed by atoms with Crippen LogP contribution in [0, 0.1) is 0 Å². The third kappa shape index (κ3) is 3.00. The van der Waals surface area contributed by atoms with Gasteiger partial charge in [-0.3, -0.25) is 14.7 Å². The normalized spacial score (nSPS) is 33.2. The van der Waals surface area contributed by atoms with Crippen LogP contribution in [0.15, 0.2) is 20.0 Å². The van der Waals surface area contributed by atoms with Crippen molar-refractivity contribution >= 4 is 30.4 Å². The molecule has 0 aromatic carbocycles. The topological polar surface area (TPSA) is 123 Å². The second-order valence-electron chi connectivity index (χ2n) is 5.62. The molecule has 3 rings (SSSR count). The van der Waals surface area contributed by atoms with Crippen LogP contribution >= 0.6 is 0 Å². The van der Waals surface area contributed by atoms with Gasteiger partial charge in [0, 0.05) is 20.5 Å². The van der Waals surface area contributed by atoms with Crippen LogP contribution in [-0.4, -0.2) is 95.6 Å². The van der Waals surface area contributed by atoms with Gasteiger partial charge < -0.3 is 19.8 Å². The number of aliphatic hydroxyl groups excluding tert-OH is 2. The number of guanidine groups is 1. The van der Waals surface area contributed by atoms with Gasteiger partial charge in [-0.2, -0.15) is 9.98 Å². The number of ether oxygens (including phenoxy) is 1. The first kappa shape index (κ1) is 15.7. The zero-order valence-electron chi connectivity index (χ0n) is 12.8. The average Bonchev–Trinajstić information content (AvgIpc) is 3.08. The number of hydrogen-bond acceptors (Lipinski definition) is 8. The van der Waals surface area contributed by atoms with Gasteiger partial charge in [0.25, 0.3) is 11.9 Å². The summed E-state index contributed by atoms with van der Waals surface area (Å²) >= 11 is 0. The minimum atomic E-state index is -0.803. The number of rotatable bonds is 3. The second kappa shape index (κ2) is 6.14. The first-order chi connectivity index (χ1) is 11.0. The summed E-state index contributed by atoms with van der Waals surface area (Å²) in [6, 6.07) is -0.803. The Bertz CT molecular complexity index is 614. The predicted molar refractivity (Wildman–Crippen MR) is 82.5 cm³/mol. The van der Waals surface area contributed by atoms with Crippen LogP contribution in [0.5, 0.6) is 0 Å². The van der Waals surface area contributed by atoms with Gasteiger partial charge in [-0.25, -0.2) is 4.99 Å². The fourth-order valence-corrected chi connectivity index (χ4v) is 2.48. The van der Waals surface area contributed by atoms with Gasteiger partial charge in [-0.15, -0.1) is 0 Å². The summed E-state index contributed by atoms with van der Waals surface area (Å²) in [5, 5.41) is 19.0. The van der Waals surface area contributed by atoms with E-state index in [0.29, 0.717) is 5.84 Å². The summed E-state index contributed by atoms with van der Waals surface area (Å²) < 4.78 is 5.58. The summed E-state index contributed by atoms with van der Waals surface area (Å²) in [5.74, 6) is -0.0358. The molecule has 0 aliphatic carbocycles. The molecular weight excluding hydrogens is 304 g/mol. The molecule has 4 unspecified atom stereocenters. The number of carbonyl (C=O) groups is 1. The van der Waals surface area contributed by atoms with Crippen molar-refractivity contribution < 1.29 is 19.7 Å². The maximum Gasteiger partial charge on any atom is 0.281 e. The average molecular weight is 322 g/mol. The lowest BCUT2D eigenvalue weighted by atomic mass is 10.2. The molecule has 0 saturated carbocycles. The molecule has 10 heteroatoms. The minimum Gasteiger partial charge on any atom is -0.394 e. The maximum atomic E-state index is 12.0. The van der Waals surface area contributed by atoms with Crippen LogP contribution in [0.1, 0.15) is 6.42 Å². The molecule has 0 aromatic rings. The summed E-state index contributed by atoms with van der Waals surface area (Å²) in [6.07, 6.45) is 1.25. The van der Waals surface area contributed by atoms with Crippen molar-refractivity contribution in [2.24, 2.45) is 20.0 Å². The third-order valence-electron chi connectivity index (χ3n) is 3.61. The van der Waals surface area contributed by atoms with E-state index in [1.807, 2.05) is 0 Å². The van der Waals surface area contributed by atoms with Crippen LogP contribution in [-0.2, 0) is 9.53 Å². The Morgan fingerprint density at radius 2 is 2.30 bits per heavy atom. The Hall–Kier alpha value is -2.17. The molecular formula is C13H18N6O4. The molecule has 4 atom stereocenters. The van der Waals surface area contributed by atoms with Gasteiger partial charge in [0.15, 0.2) is 11.9 Å². The van der Waals surface area contributed by atoms with Crippen molar-refractivity contribution in [2.45, 2.75) is 30.9 Å². The van der Waals surface area contributed by atoms with E-state index in [4.69, 9.17) is 4.74 Å². The fourth-order valence-electron chi connectivity index (χ4n) is 2.48. The van der Waals surface area contributed by atoms with Crippen molar-refractivity contribution in [3.63, 3.8) is 0 Å². The van der Waals surface area contributed by atoms with E-state index in [9.17, 15) is 15.0 Å². The van der Waals surface area contributed by atoms with Crippen LogP contribution in [0.4, 0.5) is 0 Å². The maximum absolute atomic E-state index is 12.0. The molecule has 23 heavy (non-hydrogen) atoms. The molecule has 1 saturated heterocycles. The second-order valence-corrected chi connectivity index (χ2v) is 5.62. The number of nitrogens with zero attached hydrogens (tertiary/aromatic N) is 6. The number of fused-ring (bicyclic) bond motifs is 1. The lowest BCUT2D eigenvalue weighted by Gasteiger charge is -2.25. The highest BCUT2D eigenvalue weighted by Crippen LogP contribution is 2.26. The lowest BCUT2D eigenvalue weighted by molar-refractivity contribution is -0.117. The first-order valence-corrected chi connectivity index (χ1v) is 7.17. The van der Waals surface area contributed by atoms with Crippen LogP contribution < -0.4 is 0 Å². The fraction of sp³-hybridized carbons (Fsp3) is 0.615. The molecule has 0 bridgehead atoms. The van der Waals surface area contributed by atoms with E-state index in [1.165, 1.54) is 12.7 Å². The lowest BCUT2D eigenvalue weighted by Crippen LogP contribution is -2.43. The Balaban J connectivity index is 1.81. The molecule has 0 radical (unpaired) electrons. The van der Waals surface area contributed by atoms with E-state index in [-0.39, 0.29) is 19.0 Å². The van der Waals surface area contributed by atoms with Gasteiger partial charge in [0.2, 0.25) is 0 Å². The number of hydrogen-bond donors (Lipinski definition) is 2. The highest BCUT2D eigenvalue weighted by atomic mass is 16.5. The highest BCUT2D eigenvalue weighted by molar-refractivity contribution is 6.22. The largest absolute Gasteiger partial charge is 0.394 e. The van der Waals surface area contributed by atoms with Crippen molar-refractivity contribution in [2.75, 3.05) is 20.7 Å². The first-order valence-electron chi connectivity index (χ1n) is 7.17. The summed E-state index contributed by atoms with van der Waals surface area (Å²) in [6.45, 7) is -0.280. The van der Waals surface area contributed by atoms with Gasteiger partial charge in [0.05, 0.1) is 25.4 Å². The summed E-state index contributed by atoms with van der Waals surface area (Å²) in [5.41, 5.74) is 0.